The van der Waals surface area contributed by atoms with Gasteiger partial charge in [-0.1, -0.05) is 29.8 Å². The fraction of sp³-hybridized carbons (Fsp3) is 0.118. The van der Waals surface area contributed by atoms with Gasteiger partial charge in [0.05, 0.1) is 17.8 Å². The molecule has 0 fully saturated rings. The molecule has 0 atom stereocenters. The summed E-state index contributed by atoms with van der Waals surface area (Å²) in [5.74, 6) is 0.611. The van der Waals surface area contributed by atoms with E-state index in [2.05, 4.69) is 4.98 Å². The van der Waals surface area contributed by atoms with E-state index in [1.54, 1.807) is 19.2 Å². The van der Waals surface area contributed by atoms with Crippen molar-refractivity contribution in [2.45, 2.75) is 6.92 Å². The van der Waals surface area contributed by atoms with E-state index in [1.165, 1.54) is 0 Å². The summed E-state index contributed by atoms with van der Waals surface area (Å²) in [7, 11) is 1.57. The summed E-state index contributed by atoms with van der Waals surface area (Å²) in [6, 6.07) is 11.4. The lowest BCUT2D eigenvalue weighted by molar-refractivity contribution is 0.112. The number of aromatic nitrogens is 1. The van der Waals surface area contributed by atoms with Gasteiger partial charge in [0.1, 0.15) is 5.75 Å². The molecular weight excluding hydrogens is 286 g/mol. The number of nitrogens with one attached hydrogen (secondary N) is 1. The van der Waals surface area contributed by atoms with Gasteiger partial charge in [0.25, 0.3) is 0 Å². The van der Waals surface area contributed by atoms with Crippen molar-refractivity contribution in [2.75, 3.05) is 7.11 Å². The molecule has 1 aromatic heterocycles. The number of hydrogen-bond acceptors (Lipinski definition) is 2. The van der Waals surface area contributed by atoms with Crippen LogP contribution >= 0.6 is 11.6 Å². The second kappa shape index (κ2) is 5.26. The Morgan fingerprint density at radius 1 is 1.24 bits per heavy atom. The van der Waals surface area contributed by atoms with E-state index in [9.17, 15) is 4.79 Å². The minimum atomic E-state index is 0.516. The Labute approximate surface area is 127 Å². The summed E-state index contributed by atoms with van der Waals surface area (Å²) in [5.41, 5.74) is 4.36. The normalized spacial score (nSPS) is 10.8. The molecule has 4 heteroatoms. The Morgan fingerprint density at radius 3 is 2.71 bits per heavy atom. The van der Waals surface area contributed by atoms with Gasteiger partial charge in [-0.3, -0.25) is 4.79 Å². The molecule has 106 valence electrons. The van der Waals surface area contributed by atoms with Crippen molar-refractivity contribution >= 4 is 28.8 Å². The molecule has 1 heterocycles. The summed E-state index contributed by atoms with van der Waals surface area (Å²) in [4.78, 5) is 14.9. The van der Waals surface area contributed by atoms with Gasteiger partial charge in [0, 0.05) is 22.0 Å². The van der Waals surface area contributed by atoms with E-state index in [1.807, 2.05) is 31.2 Å². The number of para-hydroxylation sites is 1. The van der Waals surface area contributed by atoms with Crippen LogP contribution < -0.4 is 4.74 Å². The van der Waals surface area contributed by atoms with Gasteiger partial charge in [-0.25, -0.2) is 0 Å². The third kappa shape index (κ3) is 2.20. The van der Waals surface area contributed by atoms with Crippen LogP contribution in [0.15, 0.2) is 36.4 Å². The molecular formula is C17H14ClNO2. The van der Waals surface area contributed by atoms with Crippen LogP contribution in [0, 0.1) is 6.92 Å². The number of carbonyl (C=O) groups is 1. The fourth-order valence-corrected chi connectivity index (χ4v) is 2.81. The standard InChI is InChI=1S/C17H14ClNO2/c1-10-4-3-5-12-13(9-20)17(19-16(10)12)11-6-7-15(21-2)14(18)8-11/h3-9,19H,1-2H3. The van der Waals surface area contributed by atoms with Crippen LogP contribution in [-0.4, -0.2) is 18.4 Å². The zero-order valence-corrected chi connectivity index (χ0v) is 12.5. The Bertz CT molecular complexity index is 836. The van der Waals surface area contributed by atoms with Gasteiger partial charge in [-0.15, -0.1) is 0 Å². The Balaban J connectivity index is 2.27. The predicted molar refractivity (Wildman–Crippen MR) is 85.4 cm³/mol. The first-order chi connectivity index (χ1) is 10.2. The number of hydrogen-bond donors (Lipinski definition) is 1. The van der Waals surface area contributed by atoms with Crippen LogP contribution in [0.4, 0.5) is 0 Å². The lowest BCUT2D eigenvalue weighted by atomic mass is 10.1. The smallest absolute Gasteiger partial charge is 0.152 e. The minimum Gasteiger partial charge on any atom is -0.495 e. The molecule has 21 heavy (non-hydrogen) atoms. The molecule has 3 aromatic rings. The molecule has 0 radical (unpaired) electrons. The first-order valence-corrected chi connectivity index (χ1v) is 6.94. The van der Waals surface area contributed by atoms with Crippen molar-refractivity contribution in [3.8, 4) is 17.0 Å². The number of aromatic amines is 1. The summed E-state index contributed by atoms with van der Waals surface area (Å²) < 4.78 is 5.16. The zero-order valence-electron chi connectivity index (χ0n) is 11.7. The zero-order chi connectivity index (χ0) is 15.0. The Morgan fingerprint density at radius 2 is 2.05 bits per heavy atom. The lowest BCUT2D eigenvalue weighted by Crippen LogP contribution is -1.87. The third-order valence-electron chi connectivity index (χ3n) is 3.64. The minimum absolute atomic E-state index is 0.516. The molecule has 2 aromatic carbocycles. The SMILES string of the molecule is COc1ccc(-c2[nH]c3c(C)cccc3c2C=O)cc1Cl. The van der Waals surface area contributed by atoms with Gasteiger partial charge < -0.3 is 9.72 Å². The molecule has 0 unspecified atom stereocenters. The maximum atomic E-state index is 11.5. The van der Waals surface area contributed by atoms with Crippen LogP contribution in [0.3, 0.4) is 0 Å². The van der Waals surface area contributed by atoms with Crippen molar-refractivity contribution in [3.63, 3.8) is 0 Å². The molecule has 0 aliphatic heterocycles. The molecule has 0 spiro atoms. The number of methoxy groups -OCH3 is 1. The van der Waals surface area contributed by atoms with E-state index in [0.29, 0.717) is 16.3 Å². The van der Waals surface area contributed by atoms with Crippen LogP contribution in [-0.2, 0) is 0 Å². The number of halogens is 1. The lowest BCUT2D eigenvalue weighted by Gasteiger charge is -2.05. The molecule has 0 amide bonds. The largest absolute Gasteiger partial charge is 0.495 e. The maximum absolute atomic E-state index is 11.5. The van der Waals surface area contributed by atoms with Gasteiger partial charge in [-0.05, 0) is 30.7 Å². The fourth-order valence-electron chi connectivity index (χ4n) is 2.56. The van der Waals surface area contributed by atoms with Gasteiger partial charge in [0.15, 0.2) is 6.29 Å². The Kier molecular flexibility index (Phi) is 3.43. The van der Waals surface area contributed by atoms with Gasteiger partial charge in [-0.2, -0.15) is 0 Å². The number of ether oxygens (including phenoxy) is 1. The average Bonchev–Trinajstić information content (AvgIpc) is 2.87. The number of aryl methyl sites for hydroxylation is 1. The van der Waals surface area contributed by atoms with Gasteiger partial charge in [0.2, 0.25) is 0 Å². The number of benzene rings is 2. The number of fused-ring (bicyclic) bond motifs is 1. The van der Waals surface area contributed by atoms with E-state index < -0.39 is 0 Å². The summed E-state index contributed by atoms with van der Waals surface area (Å²) in [5, 5.41) is 1.44. The van der Waals surface area contributed by atoms with Crippen molar-refractivity contribution in [3.05, 3.63) is 52.5 Å². The number of rotatable bonds is 3. The highest BCUT2D eigenvalue weighted by Crippen LogP contribution is 2.34. The van der Waals surface area contributed by atoms with Gasteiger partial charge >= 0.3 is 0 Å². The molecule has 0 saturated heterocycles. The monoisotopic (exact) mass is 299 g/mol. The average molecular weight is 300 g/mol. The number of carbonyl (C=O) groups excluding carboxylic acids is 1. The van der Waals surface area contributed by atoms with E-state index in [4.69, 9.17) is 16.3 Å². The highest BCUT2D eigenvalue weighted by Gasteiger charge is 2.14. The summed E-state index contributed by atoms with van der Waals surface area (Å²) in [6.45, 7) is 2.01. The van der Waals surface area contributed by atoms with Crippen LogP contribution in [0.5, 0.6) is 5.75 Å². The molecule has 0 aliphatic carbocycles. The van der Waals surface area contributed by atoms with Crippen LogP contribution in [0.25, 0.3) is 22.2 Å². The molecule has 0 bridgehead atoms. The Hall–Kier alpha value is -2.26. The van der Waals surface area contributed by atoms with E-state index in [0.717, 1.165) is 34.0 Å². The van der Waals surface area contributed by atoms with Crippen LogP contribution in [0.2, 0.25) is 5.02 Å². The van der Waals surface area contributed by atoms with E-state index in [-0.39, 0.29) is 0 Å². The molecule has 3 rings (SSSR count). The molecule has 1 N–H and O–H groups in total. The van der Waals surface area contributed by atoms with Crippen molar-refractivity contribution in [1.29, 1.82) is 0 Å². The van der Waals surface area contributed by atoms with Crippen molar-refractivity contribution in [1.82, 2.24) is 4.98 Å². The van der Waals surface area contributed by atoms with Crippen molar-refractivity contribution in [2.24, 2.45) is 0 Å². The quantitative estimate of drug-likeness (QED) is 0.717. The summed E-state index contributed by atoms with van der Waals surface area (Å²) in [6.07, 6.45) is 0.881. The van der Waals surface area contributed by atoms with E-state index >= 15 is 0 Å². The molecule has 0 saturated carbocycles. The highest BCUT2D eigenvalue weighted by molar-refractivity contribution is 6.32. The third-order valence-corrected chi connectivity index (χ3v) is 3.94. The predicted octanol–water partition coefficient (Wildman–Crippen LogP) is 4.62. The maximum Gasteiger partial charge on any atom is 0.152 e. The second-order valence-corrected chi connectivity index (χ2v) is 5.29. The number of aldehydes is 1. The highest BCUT2D eigenvalue weighted by atomic mass is 35.5. The summed E-state index contributed by atoms with van der Waals surface area (Å²) >= 11 is 6.18. The van der Waals surface area contributed by atoms with Crippen LogP contribution in [0.1, 0.15) is 15.9 Å². The van der Waals surface area contributed by atoms with Crippen molar-refractivity contribution < 1.29 is 9.53 Å². The second-order valence-electron chi connectivity index (χ2n) is 4.88. The molecule has 0 aliphatic rings. The number of H-pyrrole nitrogens is 1. The first-order valence-electron chi connectivity index (χ1n) is 6.56. The topological polar surface area (TPSA) is 42.1 Å². The molecule has 3 nitrogen and oxygen atoms in total. The first kappa shape index (κ1) is 13.7.